The fourth-order valence-corrected chi connectivity index (χ4v) is 2.94. The van der Waals surface area contributed by atoms with E-state index in [-0.39, 0.29) is 0 Å². The van der Waals surface area contributed by atoms with E-state index in [0.29, 0.717) is 30.2 Å². The topological polar surface area (TPSA) is 30.5 Å². The summed E-state index contributed by atoms with van der Waals surface area (Å²) in [4.78, 5) is 0. The minimum Gasteiger partial charge on any atom is -0.385 e. The minimum atomic E-state index is 0.480. The molecule has 0 aromatic heterocycles. The number of ether oxygens (including phenoxy) is 2. The average molecular weight is 227 g/mol. The zero-order valence-electron chi connectivity index (χ0n) is 10.7. The van der Waals surface area contributed by atoms with Crippen molar-refractivity contribution >= 4 is 0 Å². The van der Waals surface area contributed by atoms with Crippen LogP contribution < -0.4 is 5.32 Å². The van der Waals surface area contributed by atoms with E-state index in [2.05, 4.69) is 19.2 Å². The van der Waals surface area contributed by atoms with E-state index in [1.165, 1.54) is 19.3 Å². The van der Waals surface area contributed by atoms with Crippen LogP contribution in [0.15, 0.2) is 0 Å². The lowest BCUT2D eigenvalue weighted by Gasteiger charge is -2.29. The van der Waals surface area contributed by atoms with Gasteiger partial charge in [-0.25, -0.2) is 0 Å². The molecule has 2 saturated heterocycles. The second-order valence-electron chi connectivity index (χ2n) is 5.51. The van der Waals surface area contributed by atoms with Crippen molar-refractivity contribution in [1.29, 1.82) is 0 Å². The van der Waals surface area contributed by atoms with Crippen LogP contribution in [0.2, 0.25) is 0 Å². The maximum atomic E-state index is 5.88. The molecule has 2 heterocycles. The molecule has 0 aromatic rings. The summed E-state index contributed by atoms with van der Waals surface area (Å²) in [7, 11) is 1.78. The molecule has 0 spiro atoms. The van der Waals surface area contributed by atoms with Crippen LogP contribution in [-0.4, -0.2) is 38.0 Å². The molecule has 2 aliphatic heterocycles. The molecule has 0 aromatic carbocycles. The number of hydrogen-bond donors (Lipinski definition) is 1. The summed E-state index contributed by atoms with van der Waals surface area (Å²) in [6.07, 6.45) is 5.85. The Hall–Kier alpha value is -0.120. The van der Waals surface area contributed by atoms with E-state index in [1.54, 1.807) is 7.11 Å². The van der Waals surface area contributed by atoms with Gasteiger partial charge in [-0.3, -0.25) is 0 Å². The van der Waals surface area contributed by atoms with Crippen LogP contribution in [0, 0.1) is 5.92 Å². The highest BCUT2D eigenvalue weighted by Gasteiger charge is 2.41. The number of rotatable bonds is 6. The van der Waals surface area contributed by atoms with Gasteiger partial charge < -0.3 is 14.8 Å². The van der Waals surface area contributed by atoms with E-state index < -0.39 is 0 Å². The summed E-state index contributed by atoms with van der Waals surface area (Å²) in [5.74, 6) is 0.661. The van der Waals surface area contributed by atoms with Gasteiger partial charge in [-0.2, -0.15) is 0 Å². The van der Waals surface area contributed by atoms with E-state index in [0.717, 1.165) is 13.0 Å². The van der Waals surface area contributed by atoms with Gasteiger partial charge >= 0.3 is 0 Å². The molecule has 1 N–H and O–H groups in total. The fourth-order valence-electron chi connectivity index (χ4n) is 2.94. The Balaban J connectivity index is 1.81. The second-order valence-corrected chi connectivity index (χ2v) is 5.51. The molecule has 4 atom stereocenters. The van der Waals surface area contributed by atoms with Crippen LogP contribution in [0.25, 0.3) is 0 Å². The Kier molecular flexibility index (Phi) is 4.22. The highest BCUT2D eigenvalue weighted by Crippen LogP contribution is 2.34. The van der Waals surface area contributed by atoms with Crippen molar-refractivity contribution in [1.82, 2.24) is 5.32 Å². The van der Waals surface area contributed by atoms with Crippen LogP contribution in [0.5, 0.6) is 0 Å². The van der Waals surface area contributed by atoms with Gasteiger partial charge in [0.1, 0.15) is 0 Å². The standard InChI is InChI=1S/C13H25NO2/c1-9(2)11(6-7-15-3)14-12-8-10-4-5-13(12)16-10/h9-14H,4-8H2,1-3H3. The monoisotopic (exact) mass is 227 g/mol. The van der Waals surface area contributed by atoms with Crippen molar-refractivity contribution in [3.63, 3.8) is 0 Å². The Morgan fingerprint density at radius 2 is 2.19 bits per heavy atom. The van der Waals surface area contributed by atoms with Gasteiger partial charge in [0.15, 0.2) is 0 Å². The molecule has 2 bridgehead atoms. The maximum Gasteiger partial charge on any atom is 0.0733 e. The molecule has 2 rings (SSSR count). The van der Waals surface area contributed by atoms with Crippen molar-refractivity contribution < 1.29 is 9.47 Å². The Morgan fingerprint density at radius 1 is 1.38 bits per heavy atom. The van der Waals surface area contributed by atoms with Gasteiger partial charge in [0.25, 0.3) is 0 Å². The normalized spacial score (nSPS) is 34.9. The van der Waals surface area contributed by atoms with Crippen LogP contribution in [0.1, 0.15) is 39.5 Å². The van der Waals surface area contributed by atoms with Crippen LogP contribution >= 0.6 is 0 Å². The van der Waals surface area contributed by atoms with E-state index >= 15 is 0 Å². The highest BCUT2D eigenvalue weighted by atomic mass is 16.5. The zero-order chi connectivity index (χ0) is 11.5. The largest absolute Gasteiger partial charge is 0.385 e. The summed E-state index contributed by atoms with van der Waals surface area (Å²) in [5.41, 5.74) is 0. The average Bonchev–Trinajstić information content (AvgIpc) is 2.85. The first-order valence-electron chi connectivity index (χ1n) is 6.61. The number of hydrogen-bond acceptors (Lipinski definition) is 3. The predicted molar refractivity (Wildman–Crippen MR) is 64.6 cm³/mol. The number of nitrogens with one attached hydrogen (secondary N) is 1. The lowest BCUT2D eigenvalue weighted by Crippen LogP contribution is -2.46. The molecule has 0 amide bonds. The molecule has 4 unspecified atom stereocenters. The van der Waals surface area contributed by atoms with Gasteiger partial charge in [-0.1, -0.05) is 13.8 Å². The fraction of sp³-hybridized carbons (Fsp3) is 1.00. The smallest absolute Gasteiger partial charge is 0.0733 e. The van der Waals surface area contributed by atoms with Gasteiger partial charge in [0, 0.05) is 25.8 Å². The SMILES string of the molecule is COCCC(NC1CC2CCC1O2)C(C)C. The molecule has 2 fully saturated rings. The van der Waals surface area contributed by atoms with Crippen molar-refractivity contribution in [2.45, 2.75) is 63.8 Å². The molecule has 0 aliphatic carbocycles. The molecule has 94 valence electrons. The molecule has 2 aliphatic rings. The first-order chi connectivity index (χ1) is 7.70. The highest BCUT2D eigenvalue weighted by molar-refractivity contribution is 4.95. The molecule has 3 heteroatoms. The number of fused-ring (bicyclic) bond motifs is 2. The minimum absolute atomic E-state index is 0.480. The lowest BCUT2D eigenvalue weighted by molar-refractivity contribution is 0.0931. The van der Waals surface area contributed by atoms with Crippen molar-refractivity contribution in [3.8, 4) is 0 Å². The van der Waals surface area contributed by atoms with Crippen LogP contribution in [-0.2, 0) is 9.47 Å². The van der Waals surface area contributed by atoms with Crippen molar-refractivity contribution in [2.24, 2.45) is 5.92 Å². The van der Waals surface area contributed by atoms with Gasteiger partial charge in [-0.05, 0) is 31.6 Å². The molecular weight excluding hydrogens is 202 g/mol. The maximum absolute atomic E-state index is 5.88. The zero-order valence-corrected chi connectivity index (χ0v) is 10.7. The third kappa shape index (κ3) is 2.76. The molecule has 3 nitrogen and oxygen atoms in total. The van der Waals surface area contributed by atoms with Crippen LogP contribution in [0.3, 0.4) is 0 Å². The second kappa shape index (κ2) is 5.48. The molecule has 0 saturated carbocycles. The summed E-state index contributed by atoms with van der Waals surface area (Å²) in [6.45, 7) is 5.40. The van der Waals surface area contributed by atoms with E-state index in [4.69, 9.17) is 9.47 Å². The third-order valence-electron chi connectivity index (χ3n) is 3.97. The lowest BCUT2D eigenvalue weighted by atomic mass is 9.92. The van der Waals surface area contributed by atoms with Gasteiger partial charge in [0.05, 0.1) is 12.2 Å². The Morgan fingerprint density at radius 3 is 2.69 bits per heavy atom. The summed E-state index contributed by atoms with van der Waals surface area (Å²) in [5, 5.41) is 3.78. The van der Waals surface area contributed by atoms with Gasteiger partial charge in [0.2, 0.25) is 0 Å². The van der Waals surface area contributed by atoms with Crippen LogP contribution in [0.4, 0.5) is 0 Å². The number of methoxy groups -OCH3 is 1. The Labute approximate surface area is 98.9 Å². The summed E-state index contributed by atoms with van der Waals surface area (Å²) < 4.78 is 11.1. The first-order valence-corrected chi connectivity index (χ1v) is 6.61. The quantitative estimate of drug-likeness (QED) is 0.752. The van der Waals surface area contributed by atoms with Crippen molar-refractivity contribution in [3.05, 3.63) is 0 Å². The Bertz CT molecular complexity index is 220. The first kappa shape index (κ1) is 12.3. The summed E-state index contributed by atoms with van der Waals surface area (Å²) in [6, 6.07) is 1.15. The van der Waals surface area contributed by atoms with E-state index in [9.17, 15) is 0 Å². The van der Waals surface area contributed by atoms with E-state index in [1.807, 2.05) is 0 Å². The predicted octanol–water partition coefficient (Wildman–Crippen LogP) is 1.96. The molecule has 0 radical (unpaired) electrons. The third-order valence-corrected chi connectivity index (χ3v) is 3.97. The summed E-state index contributed by atoms with van der Waals surface area (Å²) >= 11 is 0. The molecular formula is C13H25NO2. The molecule has 16 heavy (non-hydrogen) atoms. The van der Waals surface area contributed by atoms with Crippen molar-refractivity contribution in [2.75, 3.05) is 13.7 Å². The van der Waals surface area contributed by atoms with Gasteiger partial charge in [-0.15, -0.1) is 0 Å².